The van der Waals surface area contributed by atoms with E-state index in [0.717, 1.165) is 6.20 Å². The molecule has 1 aromatic carbocycles. The van der Waals surface area contributed by atoms with E-state index < -0.39 is 21.7 Å². The van der Waals surface area contributed by atoms with Crippen LogP contribution in [0.25, 0.3) is 5.57 Å². The summed E-state index contributed by atoms with van der Waals surface area (Å²) in [5.41, 5.74) is -0.649. The van der Waals surface area contributed by atoms with Crippen LogP contribution in [0.4, 0.5) is 13.2 Å². The molecule has 0 radical (unpaired) electrons. The number of sulfonamides is 1. The topological polar surface area (TPSA) is 78.0 Å². The highest BCUT2D eigenvalue weighted by molar-refractivity contribution is 7.89. The molecule has 1 aliphatic carbocycles. The number of rotatable bonds is 3. The van der Waals surface area contributed by atoms with Gasteiger partial charge in [-0.1, -0.05) is 36.4 Å². The molecule has 1 atom stereocenters. The zero-order valence-corrected chi connectivity index (χ0v) is 14.6. The second kappa shape index (κ2) is 6.10. The van der Waals surface area contributed by atoms with Crippen molar-refractivity contribution in [1.82, 2.24) is 9.78 Å². The van der Waals surface area contributed by atoms with Gasteiger partial charge >= 0.3 is 6.30 Å². The number of aromatic nitrogens is 2. The number of halogens is 3. The van der Waals surface area contributed by atoms with Gasteiger partial charge in [-0.05, 0) is 36.6 Å². The van der Waals surface area contributed by atoms with Crippen LogP contribution in [0.15, 0.2) is 59.7 Å². The Morgan fingerprint density at radius 3 is 2.58 bits per heavy atom. The number of nitrogens with zero attached hydrogens (tertiary/aromatic N) is 2. The van der Waals surface area contributed by atoms with Crippen LogP contribution < -0.4 is 5.14 Å². The molecular formula is C17H16F3N3O2S. The highest BCUT2D eigenvalue weighted by atomic mass is 32.2. The molecule has 0 saturated heterocycles. The zero-order chi connectivity index (χ0) is 19.2. The van der Waals surface area contributed by atoms with E-state index in [1.54, 1.807) is 37.3 Å². The van der Waals surface area contributed by atoms with Crippen molar-refractivity contribution < 1.29 is 21.6 Å². The van der Waals surface area contributed by atoms with Crippen LogP contribution in [-0.4, -0.2) is 18.2 Å². The Morgan fingerprint density at radius 1 is 1.23 bits per heavy atom. The van der Waals surface area contributed by atoms with Gasteiger partial charge in [0, 0.05) is 11.6 Å². The van der Waals surface area contributed by atoms with Gasteiger partial charge in [0.15, 0.2) is 0 Å². The van der Waals surface area contributed by atoms with E-state index in [1.165, 1.54) is 18.2 Å². The van der Waals surface area contributed by atoms with Crippen LogP contribution in [-0.2, 0) is 21.7 Å². The van der Waals surface area contributed by atoms with Crippen molar-refractivity contribution in [3.05, 3.63) is 66.0 Å². The monoisotopic (exact) mass is 383 g/mol. The number of alkyl halides is 3. The zero-order valence-electron chi connectivity index (χ0n) is 13.7. The summed E-state index contributed by atoms with van der Waals surface area (Å²) in [6.07, 6.45) is 1.90. The second-order valence-electron chi connectivity index (χ2n) is 6.10. The minimum Gasteiger partial charge on any atom is -0.225 e. The van der Waals surface area contributed by atoms with E-state index in [1.807, 2.05) is 0 Å². The minimum atomic E-state index is -4.69. The van der Waals surface area contributed by atoms with E-state index in [0.29, 0.717) is 17.6 Å². The molecule has 0 amide bonds. The molecule has 0 saturated carbocycles. The lowest BCUT2D eigenvalue weighted by Gasteiger charge is -2.34. The average molecular weight is 383 g/mol. The molecular weight excluding hydrogens is 367 g/mol. The summed E-state index contributed by atoms with van der Waals surface area (Å²) >= 11 is 0. The number of allylic oxidation sites excluding steroid dienone is 4. The molecule has 5 nitrogen and oxygen atoms in total. The van der Waals surface area contributed by atoms with Gasteiger partial charge in [0.2, 0.25) is 10.0 Å². The Kier molecular flexibility index (Phi) is 4.32. The molecule has 0 bridgehead atoms. The van der Waals surface area contributed by atoms with Crippen LogP contribution in [0.2, 0.25) is 0 Å². The largest absolute Gasteiger partial charge is 0.505 e. The number of benzene rings is 1. The van der Waals surface area contributed by atoms with E-state index >= 15 is 0 Å². The van der Waals surface area contributed by atoms with Crippen LogP contribution in [0.1, 0.15) is 24.6 Å². The number of hydrogen-bond donors (Lipinski definition) is 1. The lowest BCUT2D eigenvalue weighted by Crippen LogP contribution is -2.30. The summed E-state index contributed by atoms with van der Waals surface area (Å²) in [6.45, 7) is 1.66. The van der Waals surface area contributed by atoms with E-state index in [2.05, 4.69) is 5.10 Å². The molecule has 1 heterocycles. The number of nitrogens with two attached hydrogens (primary N) is 1. The first-order valence-corrected chi connectivity index (χ1v) is 9.22. The van der Waals surface area contributed by atoms with Crippen molar-refractivity contribution in [1.29, 1.82) is 0 Å². The lowest BCUT2D eigenvalue weighted by molar-refractivity contribution is -0.212. The van der Waals surface area contributed by atoms with Crippen molar-refractivity contribution >= 4 is 15.6 Å². The van der Waals surface area contributed by atoms with E-state index in [9.17, 15) is 21.6 Å². The van der Waals surface area contributed by atoms with Crippen molar-refractivity contribution in [3.8, 4) is 0 Å². The Hall–Kier alpha value is -2.39. The third-order valence-corrected chi connectivity index (χ3v) is 5.35. The van der Waals surface area contributed by atoms with E-state index in [-0.39, 0.29) is 15.3 Å². The fraction of sp³-hybridized carbons (Fsp3) is 0.235. The smallest absolute Gasteiger partial charge is 0.225 e. The Balaban J connectivity index is 2.25. The Labute approximate surface area is 148 Å². The fourth-order valence-corrected chi connectivity index (χ4v) is 4.10. The van der Waals surface area contributed by atoms with Crippen molar-refractivity contribution in [3.63, 3.8) is 0 Å². The third kappa shape index (κ3) is 3.08. The maximum atomic E-state index is 13.3. The molecule has 26 heavy (non-hydrogen) atoms. The standard InChI is InChI=1S/C17H16F3N3O2S/c1-16(13-7-2-3-8-15(13)26(21,24)25)10-5-4-6-12(16)14-9-11-22-23(14)17(18,19)20/h2-3,5-11H,4H2,1H3,(H2,21,24,25). The number of primary sulfonamides is 1. The van der Waals surface area contributed by atoms with Crippen molar-refractivity contribution in [2.75, 3.05) is 0 Å². The molecule has 0 spiro atoms. The first kappa shape index (κ1) is 18.4. The average Bonchev–Trinajstić information content (AvgIpc) is 3.04. The van der Waals surface area contributed by atoms with Crippen LogP contribution in [0.3, 0.4) is 0 Å². The van der Waals surface area contributed by atoms with Gasteiger partial charge in [-0.15, -0.1) is 13.2 Å². The first-order valence-electron chi connectivity index (χ1n) is 7.67. The molecule has 9 heteroatoms. The summed E-state index contributed by atoms with van der Waals surface area (Å²) in [5, 5.41) is 8.69. The van der Waals surface area contributed by atoms with Gasteiger partial charge in [-0.2, -0.15) is 9.78 Å². The quantitative estimate of drug-likeness (QED) is 0.826. The summed E-state index contributed by atoms with van der Waals surface area (Å²) in [6, 6.07) is 7.30. The maximum absolute atomic E-state index is 13.3. The predicted octanol–water partition coefficient (Wildman–Crippen LogP) is 3.31. The Bertz CT molecular complexity index is 1010. The van der Waals surface area contributed by atoms with Crippen LogP contribution in [0.5, 0.6) is 0 Å². The molecule has 1 unspecified atom stereocenters. The second-order valence-corrected chi connectivity index (χ2v) is 7.63. The van der Waals surface area contributed by atoms with Gasteiger partial charge in [0.05, 0.1) is 10.6 Å². The van der Waals surface area contributed by atoms with Gasteiger partial charge in [-0.25, -0.2) is 13.6 Å². The molecule has 2 N–H and O–H groups in total. The molecule has 3 rings (SSSR count). The summed E-state index contributed by atoms with van der Waals surface area (Å²) in [7, 11) is -4.06. The molecule has 0 fully saturated rings. The maximum Gasteiger partial charge on any atom is 0.505 e. The molecule has 2 aromatic rings. The molecule has 0 aliphatic heterocycles. The van der Waals surface area contributed by atoms with Crippen LogP contribution >= 0.6 is 0 Å². The SMILES string of the molecule is CC1(c2ccccc2S(N)(=O)=O)C=CCC=C1c1ccnn1C(F)(F)F. The summed E-state index contributed by atoms with van der Waals surface area (Å²) in [4.78, 5) is -0.127. The fourth-order valence-electron chi connectivity index (χ4n) is 3.25. The lowest BCUT2D eigenvalue weighted by atomic mass is 9.72. The van der Waals surface area contributed by atoms with Gasteiger partial charge < -0.3 is 0 Å². The van der Waals surface area contributed by atoms with Gasteiger partial charge in [-0.3, -0.25) is 0 Å². The minimum absolute atomic E-state index is 0.0181. The molecule has 1 aromatic heterocycles. The number of hydrogen-bond acceptors (Lipinski definition) is 3. The highest BCUT2D eigenvalue weighted by Gasteiger charge is 2.40. The van der Waals surface area contributed by atoms with Crippen molar-refractivity contribution in [2.45, 2.75) is 30.0 Å². The van der Waals surface area contributed by atoms with Gasteiger partial charge in [0.25, 0.3) is 0 Å². The first-order chi connectivity index (χ1) is 12.0. The van der Waals surface area contributed by atoms with Crippen LogP contribution in [0, 0.1) is 0 Å². The third-order valence-electron chi connectivity index (χ3n) is 4.38. The Morgan fingerprint density at radius 2 is 1.92 bits per heavy atom. The summed E-state index contributed by atoms with van der Waals surface area (Å²) < 4.78 is 63.9. The highest BCUT2D eigenvalue weighted by Crippen LogP contribution is 2.45. The van der Waals surface area contributed by atoms with Gasteiger partial charge in [0.1, 0.15) is 0 Å². The summed E-state index contributed by atoms with van der Waals surface area (Å²) in [5.74, 6) is 0. The van der Waals surface area contributed by atoms with Crippen molar-refractivity contribution in [2.24, 2.45) is 5.14 Å². The predicted molar refractivity (Wildman–Crippen MR) is 90.4 cm³/mol. The van der Waals surface area contributed by atoms with E-state index in [4.69, 9.17) is 5.14 Å². The molecule has 138 valence electrons. The normalized spacial score (nSPS) is 20.9. The molecule has 1 aliphatic rings.